The topological polar surface area (TPSA) is 37.4 Å². The van der Waals surface area contributed by atoms with Crippen LogP contribution in [-0.2, 0) is 13.1 Å². The molecule has 0 bridgehead atoms. The molecule has 0 saturated carbocycles. The standard InChI is InChI=1S/C19H24FN3O/c1-24-19-5-4-17(20)11-16(19)13-22-18-6-9-23(10-7-18)14-15-3-2-8-21-12-15/h2-5,8,11-12,18,22H,6-7,9-10,13-14H2,1H3. The number of benzene rings is 1. The fraction of sp³-hybridized carbons (Fsp3) is 0.421. The van der Waals surface area contributed by atoms with Gasteiger partial charge in [0.15, 0.2) is 0 Å². The fourth-order valence-corrected chi connectivity index (χ4v) is 3.18. The second-order valence-electron chi connectivity index (χ2n) is 6.25. The Hall–Kier alpha value is -1.98. The zero-order valence-electron chi connectivity index (χ0n) is 14.0. The van der Waals surface area contributed by atoms with Crippen molar-refractivity contribution < 1.29 is 9.13 Å². The van der Waals surface area contributed by atoms with Gasteiger partial charge in [-0.2, -0.15) is 0 Å². The van der Waals surface area contributed by atoms with Crippen molar-refractivity contribution in [1.29, 1.82) is 0 Å². The lowest BCUT2D eigenvalue weighted by Crippen LogP contribution is -2.41. The van der Waals surface area contributed by atoms with E-state index in [-0.39, 0.29) is 5.82 Å². The van der Waals surface area contributed by atoms with E-state index in [0.717, 1.165) is 43.8 Å². The number of halogens is 1. The Bertz CT molecular complexity index is 642. The predicted octanol–water partition coefficient (Wildman–Crippen LogP) is 2.98. The molecular weight excluding hydrogens is 305 g/mol. The molecule has 0 spiro atoms. The van der Waals surface area contributed by atoms with E-state index in [1.165, 1.54) is 11.6 Å². The predicted molar refractivity (Wildman–Crippen MR) is 92.3 cm³/mol. The van der Waals surface area contributed by atoms with Crippen LogP contribution in [0.4, 0.5) is 4.39 Å². The van der Waals surface area contributed by atoms with E-state index < -0.39 is 0 Å². The van der Waals surface area contributed by atoms with Crippen molar-refractivity contribution in [1.82, 2.24) is 15.2 Å². The summed E-state index contributed by atoms with van der Waals surface area (Å²) in [7, 11) is 1.62. The first kappa shape index (κ1) is 16.9. The van der Waals surface area contributed by atoms with E-state index in [1.54, 1.807) is 25.4 Å². The summed E-state index contributed by atoms with van der Waals surface area (Å²) in [5.41, 5.74) is 2.13. The van der Waals surface area contributed by atoms with Gasteiger partial charge in [-0.15, -0.1) is 0 Å². The summed E-state index contributed by atoms with van der Waals surface area (Å²) in [6.45, 7) is 3.71. The van der Waals surface area contributed by atoms with Crippen molar-refractivity contribution in [2.45, 2.75) is 32.0 Å². The summed E-state index contributed by atoms with van der Waals surface area (Å²) < 4.78 is 18.7. The van der Waals surface area contributed by atoms with E-state index in [1.807, 2.05) is 12.3 Å². The zero-order valence-corrected chi connectivity index (χ0v) is 14.0. The molecule has 1 aromatic heterocycles. The largest absolute Gasteiger partial charge is 0.496 e. The van der Waals surface area contributed by atoms with Gasteiger partial charge in [0.1, 0.15) is 11.6 Å². The number of ether oxygens (including phenoxy) is 1. The molecule has 128 valence electrons. The molecule has 0 atom stereocenters. The molecule has 2 heterocycles. The third-order valence-electron chi connectivity index (χ3n) is 4.54. The molecule has 1 aromatic carbocycles. The second kappa shape index (κ2) is 8.22. The van der Waals surface area contributed by atoms with Crippen LogP contribution in [0.5, 0.6) is 5.75 Å². The Labute approximate surface area is 142 Å². The third-order valence-corrected chi connectivity index (χ3v) is 4.54. The first-order valence-electron chi connectivity index (χ1n) is 8.41. The average molecular weight is 329 g/mol. The number of pyridine rings is 1. The van der Waals surface area contributed by atoms with Crippen molar-refractivity contribution in [2.75, 3.05) is 20.2 Å². The highest BCUT2D eigenvalue weighted by molar-refractivity contribution is 5.33. The van der Waals surface area contributed by atoms with Crippen LogP contribution in [0.15, 0.2) is 42.7 Å². The van der Waals surface area contributed by atoms with Crippen LogP contribution in [0.2, 0.25) is 0 Å². The molecule has 1 aliphatic rings. The zero-order chi connectivity index (χ0) is 16.8. The van der Waals surface area contributed by atoms with Crippen LogP contribution in [0.1, 0.15) is 24.0 Å². The highest BCUT2D eigenvalue weighted by Crippen LogP contribution is 2.20. The maximum absolute atomic E-state index is 13.4. The molecule has 2 aromatic rings. The van der Waals surface area contributed by atoms with Crippen molar-refractivity contribution in [3.05, 3.63) is 59.7 Å². The lowest BCUT2D eigenvalue weighted by molar-refractivity contribution is 0.189. The van der Waals surface area contributed by atoms with E-state index in [9.17, 15) is 4.39 Å². The van der Waals surface area contributed by atoms with Gasteiger partial charge < -0.3 is 10.1 Å². The summed E-state index contributed by atoms with van der Waals surface area (Å²) in [4.78, 5) is 6.63. The molecule has 3 rings (SSSR count). The molecule has 0 unspecified atom stereocenters. The van der Waals surface area contributed by atoms with Crippen molar-refractivity contribution in [3.63, 3.8) is 0 Å². The smallest absolute Gasteiger partial charge is 0.123 e. The molecule has 0 radical (unpaired) electrons. The molecule has 0 amide bonds. The van der Waals surface area contributed by atoms with E-state index in [0.29, 0.717) is 12.6 Å². The molecule has 1 N–H and O–H groups in total. The minimum atomic E-state index is -0.223. The number of nitrogens with one attached hydrogen (secondary N) is 1. The van der Waals surface area contributed by atoms with E-state index >= 15 is 0 Å². The van der Waals surface area contributed by atoms with Crippen molar-refractivity contribution in [2.24, 2.45) is 0 Å². The number of methoxy groups -OCH3 is 1. The molecule has 24 heavy (non-hydrogen) atoms. The Morgan fingerprint density at radius 1 is 1.29 bits per heavy atom. The number of hydrogen-bond acceptors (Lipinski definition) is 4. The molecular formula is C19H24FN3O. The van der Waals surface area contributed by atoms with Gasteiger partial charge in [0.05, 0.1) is 7.11 Å². The first-order chi connectivity index (χ1) is 11.7. The number of aromatic nitrogens is 1. The normalized spacial score (nSPS) is 16.2. The number of likely N-dealkylation sites (tertiary alicyclic amines) is 1. The number of hydrogen-bond donors (Lipinski definition) is 1. The Balaban J connectivity index is 1.47. The maximum atomic E-state index is 13.4. The Kier molecular flexibility index (Phi) is 5.77. The highest BCUT2D eigenvalue weighted by atomic mass is 19.1. The Morgan fingerprint density at radius 3 is 2.83 bits per heavy atom. The first-order valence-corrected chi connectivity index (χ1v) is 8.41. The lowest BCUT2D eigenvalue weighted by Gasteiger charge is -2.32. The SMILES string of the molecule is COc1ccc(F)cc1CNC1CCN(Cc2cccnc2)CC1. The molecule has 1 aliphatic heterocycles. The van der Waals surface area contributed by atoms with Gasteiger partial charge in [-0.3, -0.25) is 9.88 Å². The molecule has 0 aliphatic carbocycles. The van der Waals surface area contributed by atoms with Gasteiger partial charge in [0, 0.05) is 37.1 Å². The van der Waals surface area contributed by atoms with Crippen molar-refractivity contribution >= 4 is 0 Å². The molecule has 5 heteroatoms. The summed E-state index contributed by atoms with van der Waals surface area (Å²) in [5.74, 6) is 0.511. The summed E-state index contributed by atoms with van der Waals surface area (Å²) in [6.07, 6.45) is 5.93. The van der Waals surface area contributed by atoms with Gasteiger partial charge in [-0.05, 0) is 55.8 Å². The minimum Gasteiger partial charge on any atom is -0.496 e. The summed E-state index contributed by atoms with van der Waals surface area (Å²) >= 11 is 0. The summed E-state index contributed by atoms with van der Waals surface area (Å²) in [6, 6.07) is 9.22. The maximum Gasteiger partial charge on any atom is 0.123 e. The number of nitrogens with zero attached hydrogens (tertiary/aromatic N) is 2. The van der Waals surface area contributed by atoms with Gasteiger partial charge in [-0.1, -0.05) is 6.07 Å². The van der Waals surface area contributed by atoms with Gasteiger partial charge in [-0.25, -0.2) is 4.39 Å². The molecule has 4 nitrogen and oxygen atoms in total. The number of piperidine rings is 1. The number of rotatable bonds is 6. The molecule has 1 fully saturated rings. The molecule has 1 saturated heterocycles. The minimum absolute atomic E-state index is 0.223. The Morgan fingerprint density at radius 2 is 2.12 bits per heavy atom. The van der Waals surface area contributed by atoms with Gasteiger partial charge in [0.25, 0.3) is 0 Å². The van der Waals surface area contributed by atoms with Crippen LogP contribution in [0.3, 0.4) is 0 Å². The van der Waals surface area contributed by atoms with Gasteiger partial charge >= 0.3 is 0 Å². The third kappa shape index (κ3) is 4.52. The average Bonchev–Trinajstić information content (AvgIpc) is 2.62. The van der Waals surface area contributed by atoms with E-state index in [4.69, 9.17) is 4.74 Å². The quantitative estimate of drug-likeness (QED) is 0.884. The monoisotopic (exact) mass is 329 g/mol. The fourth-order valence-electron chi connectivity index (χ4n) is 3.18. The van der Waals surface area contributed by atoms with Crippen LogP contribution in [-0.4, -0.2) is 36.1 Å². The highest BCUT2D eigenvalue weighted by Gasteiger charge is 2.19. The summed E-state index contributed by atoms with van der Waals surface area (Å²) in [5, 5.41) is 3.54. The lowest BCUT2D eigenvalue weighted by atomic mass is 10.0. The van der Waals surface area contributed by atoms with Crippen LogP contribution in [0, 0.1) is 5.82 Å². The van der Waals surface area contributed by atoms with Crippen molar-refractivity contribution in [3.8, 4) is 5.75 Å². The van der Waals surface area contributed by atoms with Crippen LogP contribution >= 0.6 is 0 Å². The van der Waals surface area contributed by atoms with E-state index in [2.05, 4.69) is 21.3 Å². The van der Waals surface area contributed by atoms with Crippen LogP contribution in [0.25, 0.3) is 0 Å². The van der Waals surface area contributed by atoms with Crippen LogP contribution < -0.4 is 10.1 Å². The van der Waals surface area contributed by atoms with Gasteiger partial charge in [0.2, 0.25) is 0 Å². The second-order valence-corrected chi connectivity index (χ2v) is 6.25.